The van der Waals surface area contributed by atoms with Gasteiger partial charge in [-0.05, 0) is 20.8 Å². The summed E-state index contributed by atoms with van der Waals surface area (Å²) in [4.78, 5) is 12.5. The average molecular weight is 264 g/mol. The van der Waals surface area contributed by atoms with Crippen LogP contribution in [0.3, 0.4) is 0 Å². The van der Waals surface area contributed by atoms with E-state index in [0.717, 1.165) is 0 Å². The Hall–Kier alpha value is -0.360. The van der Waals surface area contributed by atoms with Crippen molar-refractivity contribution in [2.75, 3.05) is 6.61 Å². The van der Waals surface area contributed by atoms with E-state index in [4.69, 9.17) is 4.74 Å². The summed E-state index contributed by atoms with van der Waals surface area (Å²) in [7, 11) is -0.115. The van der Waals surface area contributed by atoms with Crippen molar-refractivity contribution in [1.29, 1.82) is 0 Å². The molecule has 0 amide bonds. The first-order chi connectivity index (χ1) is 8.28. The third kappa shape index (κ3) is 0.556. The molecule has 0 aromatic heterocycles. The van der Waals surface area contributed by atoms with Gasteiger partial charge in [-0.3, -0.25) is 4.79 Å². The van der Waals surface area contributed by atoms with Gasteiger partial charge in [-0.25, -0.2) is 0 Å². The van der Waals surface area contributed by atoms with Gasteiger partial charge >= 0.3 is 5.97 Å². The zero-order chi connectivity index (χ0) is 13.3. The van der Waals surface area contributed by atoms with E-state index < -0.39 is 0 Å². The maximum atomic E-state index is 12.5. The lowest BCUT2D eigenvalue weighted by atomic mass is 9.69. The van der Waals surface area contributed by atoms with E-state index in [0.29, 0.717) is 17.4 Å². The van der Waals surface area contributed by atoms with Crippen molar-refractivity contribution in [2.24, 2.45) is 10.8 Å². The topological polar surface area (TPSA) is 26.3 Å². The molecule has 0 N–H and O–H groups in total. The van der Waals surface area contributed by atoms with Crippen LogP contribution in [0.4, 0.5) is 0 Å². The van der Waals surface area contributed by atoms with Crippen LogP contribution in [-0.2, 0) is 9.53 Å². The summed E-state index contributed by atoms with van der Waals surface area (Å²) in [6.07, 6.45) is 0. The highest BCUT2D eigenvalue weighted by atomic mass is 31.1. The normalized spacial score (nSPS) is 61.9. The van der Waals surface area contributed by atoms with E-state index in [1.54, 1.807) is 5.57 Å². The Labute approximate surface area is 110 Å². The molecule has 4 rings (SSSR count). The molecule has 0 saturated carbocycles. The molecular weight excluding hydrogens is 243 g/mol. The number of esters is 1. The fourth-order valence-electron chi connectivity index (χ4n) is 6.26. The van der Waals surface area contributed by atoms with E-state index in [2.05, 4.69) is 34.6 Å². The minimum atomic E-state index is -0.115. The minimum absolute atomic E-state index is 0.0848. The molecular formula is C15H21O2P. The molecule has 3 aliphatic heterocycles. The quantitative estimate of drug-likeness (QED) is 0.434. The second-order valence-corrected chi connectivity index (χ2v) is 9.77. The summed E-state index contributed by atoms with van der Waals surface area (Å²) in [6.45, 7) is 14.1. The van der Waals surface area contributed by atoms with Crippen molar-refractivity contribution < 1.29 is 9.53 Å². The number of hydrogen-bond acceptors (Lipinski definition) is 2. The monoisotopic (exact) mass is 264 g/mol. The average Bonchev–Trinajstić information content (AvgIpc) is 2.95. The highest BCUT2D eigenvalue weighted by Crippen LogP contribution is 3.16. The highest BCUT2D eigenvalue weighted by molar-refractivity contribution is 7.76. The van der Waals surface area contributed by atoms with Gasteiger partial charge in [0.2, 0.25) is 0 Å². The molecule has 0 spiro atoms. The molecule has 98 valence electrons. The van der Waals surface area contributed by atoms with Crippen LogP contribution < -0.4 is 0 Å². The molecule has 3 heteroatoms. The first-order valence-corrected chi connectivity index (χ1v) is 8.35. The summed E-state index contributed by atoms with van der Waals surface area (Å²) in [5.41, 5.74) is 4.03. The standard InChI is InChI=1S/C15H21O2P/c1-7-17-11(16)15-10-12(4)8(2)9(3)13(15,5)14(12,6)18(10)15/h10H,7H2,1-6H3. The number of fused-ring (bicyclic) bond motifs is 3. The smallest absolute Gasteiger partial charge is 0.318 e. The Bertz CT molecular complexity index is 553. The summed E-state index contributed by atoms with van der Waals surface area (Å²) in [5.74, 6) is 0.108. The summed E-state index contributed by atoms with van der Waals surface area (Å²) in [5, 5.41) is 0.284. The second kappa shape index (κ2) is 2.46. The molecule has 0 aromatic carbocycles. The van der Waals surface area contributed by atoms with E-state index in [1.165, 1.54) is 5.57 Å². The van der Waals surface area contributed by atoms with Crippen molar-refractivity contribution in [1.82, 2.24) is 0 Å². The van der Waals surface area contributed by atoms with Crippen LogP contribution in [-0.4, -0.2) is 28.5 Å². The Balaban J connectivity index is 1.91. The predicted molar refractivity (Wildman–Crippen MR) is 73.1 cm³/mol. The number of ether oxygens (including phenoxy) is 1. The first-order valence-electron chi connectivity index (χ1n) is 6.94. The van der Waals surface area contributed by atoms with Crippen molar-refractivity contribution in [3.63, 3.8) is 0 Å². The van der Waals surface area contributed by atoms with Crippen molar-refractivity contribution in [3.8, 4) is 0 Å². The van der Waals surface area contributed by atoms with Gasteiger partial charge in [-0.2, -0.15) is 0 Å². The van der Waals surface area contributed by atoms with E-state index in [9.17, 15) is 4.79 Å². The maximum absolute atomic E-state index is 12.5. The van der Waals surface area contributed by atoms with Gasteiger partial charge in [-0.1, -0.05) is 39.8 Å². The highest BCUT2D eigenvalue weighted by Gasteiger charge is 3.10. The summed E-state index contributed by atoms with van der Waals surface area (Å²) < 4.78 is 5.43. The lowest BCUT2D eigenvalue weighted by Gasteiger charge is -2.62. The van der Waals surface area contributed by atoms with Gasteiger partial charge in [0.15, 0.2) is 0 Å². The second-order valence-electron chi connectivity index (χ2n) is 6.91. The SMILES string of the molecule is CCOC(=O)C12C3P1C1(C)C3(C)C(C)=C(C)C21C. The zero-order valence-corrected chi connectivity index (χ0v) is 12.9. The van der Waals surface area contributed by atoms with Crippen LogP contribution in [0.2, 0.25) is 0 Å². The molecule has 3 fully saturated rings. The minimum Gasteiger partial charge on any atom is -0.465 e. The van der Waals surface area contributed by atoms with Gasteiger partial charge in [0, 0.05) is 21.6 Å². The maximum Gasteiger partial charge on any atom is 0.318 e. The molecule has 3 saturated heterocycles. The lowest BCUT2D eigenvalue weighted by Crippen LogP contribution is -2.61. The van der Waals surface area contributed by atoms with Crippen LogP contribution in [0, 0.1) is 10.8 Å². The largest absolute Gasteiger partial charge is 0.465 e. The van der Waals surface area contributed by atoms with Gasteiger partial charge in [0.05, 0.1) is 6.61 Å². The molecule has 18 heavy (non-hydrogen) atoms. The number of carbonyl (C=O) groups is 1. The number of allylic oxidation sites excluding steroid dienone is 2. The van der Waals surface area contributed by atoms with E-state index in [1.807, 2.05) is 6.92 Å². The molecule has 6 atom stereocenters. The van der Waals surface area contributed by atoms with Crippen LogP contribution in [0.25, 0.3) is 0 Å². The fourth-order valence-corrected chi connectivity index (χ4v) is 12.2. The molecule has 6 unspecified atom stereocenters. The predicted octanol–water partition coefficient (Wildman–Crippen LogP) is 3.30. The number of rotatable bonds is 2. The van der Waals surface area contributed by atoms with Crippen LogP contribution in [0.5, 0.6) is 0 Å². The fraction of sp³-hybridized carbons (Fsp3) is 0.800. The molecule has 3 heterocycles. The number of hydrogen-bond donors (Lipinski definition) is 0. The van der Waals surface area contributed by atoms with E-state index in [-0.39, 0.29) is 29.9 Å². The molecule has 0 radical (unpaired) electrons. The Morgan fingerprint density at radius 3 is 2.39 bits per heavy atom. The zero-order valence-electron chi connectivity index (χ0n) is 12.0. The van der Waals surface area contributed by atoms with E-state index >= 15 is 0 Å². The van der Waals surface area contributed by atoms with Crippen molar-refractivity contribution in [2.45, 2.75) is 57.5 Å². The molecule has 2 nitrogen and oxygen atoms in total. The van der Waals surface area contributed by atoms with Gasteiger partial charge in [0.1, 0.15) is 5.16 Å². The molecule has 1 aliphatic carbocycles. The van der Waals surface area contributed by atoms with Crippen molar-refractivity contribution in [3.05, 3.63) is 11.1 Å². The Morgan fingerprint density at radius 1 is 1.28 bits per heavy atom. The van der Waals surface area contributed by atoms with Crippen molar-refractivity contribution >= 4 is 13.9 Å². The van der Waals surface area contributed by atoms with Crippen LogP contribution in [0.1, 0.15) is 41.5 Å². The third-order valence-electron chi connectivity index (χ3n) is 7.42. The summed E-state index contributed by atoms with van der Waals surface area (Å²) >= 11 is 0. The van der Waals surface area contributed by atoms with Gasteiger partial charge < -0.3 is 4.74 Å². The summed E-state index contributed by atoms with van der Waals surface area (Å²) in [6, 6.07) is 0. The molecule has 0 bridgehead atoms. The third-order valence-corrected chi connectivity index (χ3v) is 12.1. The van der Waals surface area contributed by atoms with Crippen LogP contribution >= 0.6 is 7.92 Å². The Morgan fingerprint density at radius 2 is 1.89 bits per heavy atom. The Kier molecular flexibility index (Phi) is 1.57. The van der Waals surface area contributed by atoms with Crippen LogP contribution in [0.15, 0.2) is 11.1 Å². The number of carbonyl (C=O) groups excluding carboxylic acids is 1. The van der Waals surface area contributed by atoms with Gasteiger partial charge in [-0.15, -0.1) is 0 Å². The molecule has 0 aromatic rings. The first kappa shape index (κ1) is 11.5. The van der Waals surface area contributed by atoms with Gasteiger partial charge in [0.25, 0.3) is 0 Å². The molecule has 4 aliphatic rings. The lowest BCUT2D eigenvalue weighted by molar-refractivity contribution is -0.147.